The maximum atomic E-state index is 13.5. The largest absolute Gasteiger partial charge is 0.494 e. The first-order valence-electron chi connectivity index (χ1n) is 16.9. The van der Waals surface area contributed by atoms with Gasteiger partial charge in [-0.3, -0.25) is 14.4 Å². The van der Waals surface area contributed by atoms with Crippen LogP contribution in [0.2, 0.25) is 0 Å². The zero-order valence-electron chi connectivity index (χ0n) is 28.9. The monoisotopic (exact) mass is 682 g/mol. The maximum absolute atomic E-state index is 13.5. The van der Waals surface area contributed by atoms with Gasteiger partial charge in [0, 0.05) is 47.9 Å². The summed E-state index contributed by atoms with van der Waals surface area (Å²) in [5.74, 6) is 0.0289. The lowest BCUT2D eigenvalue weighted by Crippen LogP contribution is -2.59. The van der Waals surface area contributed by atoms with E-state index in [9.17, 15) is 19.5 Å². The minimum atomic E-state index is -0.922. The van der Waals surface area contributed by atoms with Crippen molar-refractivity contribution in [2.24, 2.45) is 11.8 Å². The zero-order chi connectivity index (χ0) is 35.1. The first kappa shape index (κ1) is 35.7. The van der Waals surface area contributed by atoms with Gasteiger partial charge in [0.2, 0.25) is 5.91 Å². The number of nitrogens with zero attached hydrogens (tertiary/aromatic N) is 3. The molecule has 1 unspecified atom stereocenters. The molecule has 258 valence electrons. The molecule has 1 aliphatic rings. The molecule has 0 aliphatic carbocycles. The Bertz CT molecular complexity index is 1720. The van der Waals surface area contributed by atoms with Crippen LogP contribution in [0.15, 0.2) is 73.1 Å². The van der Waals surface area contributed by atoms with Gasteiger partial charge in [-0.15, -0.1) is 11.3 Å². The molecule has 0 bridgehead atoms. The summed E-state index contributed by atoms with van der Waals surface area (Å²) in [6.07, 6.45) is 7.30. The van der Waals surface area contributed by atoms with E-state index in [-0.39, 0.29) is 36.7 Å². The number of hydrogen-bond donors (Lipinski definition) is 2. The lowest BCUT2D eigenvalue weighted by molar-refractivity contribution is -0.153. The smallest absolute Gasteiger partial charge is 0.310 e. The van der Waals surface area contributed by atoms with Crippen molar-refractivity contribution in [3.63, 3.8) is 0 Å². The molecule has 0 spiro atoms. The van der Waals surface area contributed by atoms with Gasteiger partial charge in [-0.05, 0) is 59.6 Å². The number of nitrogens with one attached hydrogen (secondary N) is 1. The van der Waals surface area contributed by atoms with Gasteiger partial charge in [0.25, 0.3) is 5.91 Å². The van der Waals surface area contributed by atoms with Crippen molar-refractivity contribution in [1.82, 2.24) is 20.2 Å². The highest BCUT2D eigenvalue weighted by molar-refractivity contribution is 7.14. The van der Waals surface area contributed by atoms with Crippen molar-refractivity contribution >= 4 is 29.1 Å². The molecule has 10 heteroatoms. The van der Waals surface area contributed by atoms with Crippen molar-refractivity contribution < 1.29 is 24.2 Å². The van der Waals surface area contributed by atoms with Gasteiger partial charge < -0.3 is 20.1 Å². The fourth-order valence-corrected chi connectivity index (χ4v) is 6.53. The van der Waals surface area contributed by atoms with Crippen molar-refractivity contribution in [2.75, 3.05) is 19.7 Å². The number of rotatable bonds is 14. The van der Waals surface area contributed by atoms with Gasteiger partial charge in [0.1, 0.15) is 11.8 Å². The van der Waals surface area contributed by atoms with E-state index in [0.717, 1.165) is 45.2 Å². The SMILES string of the molecule is CC(C)CCCCOc1ccc(-c2cnc(-c3ccc(CC(NC(=O)c4ccc(C(C)(C)C)s4)C(=O)N4CC(C(=O)O)C4)cc3)nc2)cc1. The minimum absolute atomic E-state index is 0.0963. The number of carboxylic acids is 1. The summed E-state index contributed by atoms with van der Waals surface area (Å²) in [7, 11) is 0. The summed E-state index contributed by atoms with van der Waals surface area (Å²) in [4.78, 5) is 50.4. The van der Waals surface area contributed by atoms with Crippen LogP contribution >= 0.6 is 11.3 Å². The quantitative estimate of drug-likeness (QED) is 0.134. The Kier molecular flexibility index (Phi) is 11.5. The molecular weight excluding hydrogens is 637 g/mol. The number of carbonyl (C=O) groups is 3. The summed E-state index contributed by atoms with van der Waals surface area (Å²) in [5.41, 5.74) is 3.47. The van der Waals surface area contributed by atoms with Crippen LogP contribution in [0.25, 0.3) is 22.5 Å². The van der Waals surface area contributed by atoms with Crippen LogP contribution in [0, 0.1) is 11.8 Å². The molecule has 1 atom stereocenters. The molecule has 3 heterocycles. The Morgan fingerprint density at radius 2 is 1.57 bits per heavy atom. The van der Waals surface area contributed by atoms with E-state index in [1.807, 2.05) is 54.6 Å². The molecule has 0 saturated carbocycles. The van der Waals surface area contributed by atoms with Crippen LogP contribution in [0.3, 0.4) is 0 Å². The van der Waals surface area contributed by atoms with Gasteiger partial charge in [0.05, 0.1) is 17.4 Å². The van der Waals surface area contributed by atoms with E-state index in [1.54, 1.807) is 18.5 Å². The summed E-state index contributed by atoms with van der Waals surface area (Å²) in [5, 5.41) is 12.2. The molecule has 2 amide bonds. The lowest BCUT2D eigenvalue weighted by Gasteiger charge is -2.38. The van der Waals surface area contributed by atoms with Crippen LogP contribution in [0.5, 0.6) is 5.75 Å². The number of aromatic nitrogens is 2. The van der Waals surface area contributed by atoms with Gasteiger partial charge in [-0.25, -0.2) is 9.97 Å². The fraction of sp³-hybridized carbons (Fsp3) is 0.410. The predicted octanol–water partition coefficient (Wildman–Crippen LogP) is 7.26. The third kappa shape index (κ3) is 9.53. The molecule has 2 aromatic carbocycles. The van der Waals surface area contributed by atoms with E-state index < -0.39 is 17.9 Å². The highest BCUT2D eigenvalue weighted by atomic mass is 32.1. The average molecular weight is 683 g/mol. The van der Waals surface area contributed by atoms with Crippen molar-refractivity contribution in [3.8, 4) is 28.3 Å². The summed E-state index contributed by atoms with van der Waals surface area (Å²) < 4.78 is 5.89. The third-order valence-electron chi connectivity index (χ3n) is 8.65. The summed E-state index contributed by atoms with van der Waals surface area (Å²) >= 11 is 1.41. The first-order valence-corrected chi connectivity index (χ1v) is 17.8. The summed E-state index contributed by atoms with van der Waals surface area (Å²) in [6.45, 7) is 11.7. The van der Waals surface area contributed by atoms with Crippen molar-refractivity contribution in [1.29, 1.82) is 0 Å². The van der Waals surface area contributed by atoms with Crippen LogP contribution in [-0.4, -0.2) is 63.5 Å². The normalized spacial score (nSPS) is 14.0. The Morgan fingerprint density at radius 1 is 0.918 bits per heavy atom. The van der Waals surface area contributed by atoms with Gasteiger partial charge in [-0.2, -0.15) is 0 Å². The van der Waals surface area contributed by atoms with Crippen molar-refractivity contribution in [2.45, 2.75) is 71.8 Å². The fourth-order valence-electron chi connectivity index (χ4n) is 5.57. The van der Waals surface area contributed by atoms with E-state index in [4.69, 9.17) is 4.74 Å². The second-order valence-electron chi connectivity index (χ2n) is 14.2. The van der Waals surface area contributed by atoms with E-state index in [1.165, 1.54) is 29.1 Å². The van der Waals surface area contributed by atoms with E-state index in [0.29, 0.717) is 17.3 Å². The van der Waals surface area contributed by atoms with E-state index >= 15 is 0 Å². The Labute approximate surface area is 292 Å². The Balaban J connectivity index is 1.22. The lowest BCUT2D eigenvalue weighted by atomic mass is 9.95. The number of carbonyl (C=O) groups excluding carboxylic acids is 2. The van der Waals surface area contributed by atoms with E-state index in [2.05, 4.69) is 49.9 Å². The third-order valence-corrected chi connectivity index (χ3v) is 10.2. The number of thiophene rings is 1. The average Bonchev–Trinajstić information content (AvgIpc) is 3.56. The molecule has 5 rings (SSSR count). The molecular formula is C39H46N4O5S. The molecule has 4 aromatic rings. The predicted molar refractivity (Wildman–Crippen MR) is 193 cm³/mol. The van der Waals surface area contributed by atoms with Gasteiger partial charge in [0.15, 0.2) is 5.82 Å². The molecule has 1 fully saturated rings. The minimum Gasteiger partial charge on any atom is -0.494 e. The Morgan fingerprint density at radius 3 is 2.16 bits per heavy atom. The molecule has 2 aromatic heterocycles. The van der Waals surface area contributed by atoms with Gasteiger partial charge in [-0.1, -0.05) is 77.4 Å². The number of benzene rings is 2. The molecule has 9 nitrogen and oxygen atoms in total. The van der Waals surface area contributed by atoms with Crippen LogP contribution in [0.4, 0.5) is 0 Å². The number of carboxylic acid groups (broad SMARTS) is 1. The summed E-state index contributed by atoms with van der Waals surface area (Å²) in [6, 6.07) is 18.5. The standard InChI is InChI=1S/C39H46N4O5S/c1-25(2)8-6-7-19-48-31-15-13-27(14-16-31)29-21-40-35(41-22-29)28-11-9-26(10-12-28)20-32(37(45)43-23-30(24-43)38(46)47)42-36(44)33-17-18-34(49-33)39(3,4)5/h9-18,21-22,25,30,32H,6-8,19-20,23-24H2,1-5H3,(H,42,44)(H,46,47). The number of aliphatic carboxylic acids is 1. The Hall–Kier alpha value is -4.57. The zero-order valence-corrected chi connectivity index (χ0v) is 29.8. The second-order valence-corrected chi connectivity index (χ2v) is 15.3. The highest BCUT2D eigenvalue weighted by Gasteiger charge is 2.39. The molecule has 49 heavy (non-hydrogen) atoms. The molecule has 0 radical (unpaired) electrons. The number of hydrogen-bond acceptors (Lipinski definition) is 7. The van der Waals surface area contributed by atoms with Crippen LogP contribution in [0.1, 0.15) is 74.0 Å². The molecule has 1 aliphatic heterocycles. The molecule has 1 saturated heterocycles. The second kappa shape index (κ2) is 15.8. The topological polar surface area (TPSA) is 122 Å². The number of unbranched alkanes of at least 4 members (excludes halogenated alkanes) is 1. The van der Waals surface area contributed by atoms with Crippen molar-refractivity contribution in [3.05, 3.63) is 88.4 Å². The van der Waals surface area contributed by atoms with Crippen LogP contribution in [-0.2, 0) is 21.4 Å². The number of ether oxygens (including phenoxy) is 1. The number of likely N-dealkylation sites (tertiary alicyclic amines) is 1. The highest BCUT2D eigenvalue weighted by Crippen LogP contribution is 2.30. The van der Waals surface area contributed by atoms with Crippen LogP contribution < -0.4 is 10.1 Å². The number of amides is 2. The first-order chi connectivity index (χ1) is 23.4. The van der Waals surface area contributed by atoms with Gasteiger partial charge >= 0.3 is 5.97 Å². The molecule has 2 N–H and O–H groups in total. The maximum Gasteiger partial charge on any atom is 0.310 e.